The molecule has 0 saturated heterocycles. The monoisotopic (exact) mass is 268 g/mol. The molecule has 4 heteroatoms. The molecule has 0 fully saturated rings. The van der Waals surface area contributed by atoms with E-state index in [0.717, 1.165) is 5.56 Å². The Morgan fingerprint density at radius 2 is 1.85 bits per heavy atom. The largest absolute Gasteiger partial charge is 0.491 e. The molecule has 0 spiro atoms. The van der Waals surface area contributed by atoms with Gasteiger partial charge >= 0.3 is 0 Å². The first-order valence-corrected chi connectivity index (χ1v) is 6.32. The Morgan fingerprint density at radius 3 is 2.50 bits per heavy atom. The van der Waals surface area contributed by atoms with Crippen LogP contribution in [-0.4, -0.2) is 11.7 Å². The van der Waals surface area contributed by atoms with Gasteiger partial charge in [0.05, 0.1) is 12.5 Å². The minimum atomic E-state index is -0.769. The van der Waals surface area contributed by atoms with Crippen LogP contribution in [0.4, 0.5) is 5.69 Å². The Hall–Kier alpha value is -2.51. The van der Waals surface area contributed by atoms with Crippen LogP contribution in [0.3, 0.4) is 0 Å². The molecule has 0 aliphatic carbocycles. The maximum atomic E-state index is 10.1. The van der Waals surface area contributed by atoms with Crippen molar-refractivity contribution in [2.45, 2.75) is 12.5 Å². The summed E-state index contributed by atoms with van der Waals surface area (Å²) in [6.45, 7) is 0.131. The van der Waals surface area contributed by atoms with E-state index in [0.29, 0.717) is 23.4 Å². The Morgan fingerprint density at radius 1 is 1.15 bits per heavy atom. The SMILES string of the molecule is N#CCc1ccc(OCC(O)c2ccccc2N)cc1. The number of hydrogen-bond donors (Lipinski definition) is 2. The second kappa shape index (κ2) is 6.60. The number of nitrogen functional groups attached to an aromatic ring is 1. The van der Waals surface area contributed by atoms with E-state index >= 15 is 0 Å². The summed E-state index contributed by atoms with van der Waals surface area (Å²) in [5, 5.41) is 18.6. The highest BCUT2D eigenvalue weighted by molar-refractivity contribution is 5.47. The van der Waals surface area contributed by atoms with Crippen molar-refractivity contribution in [1.82, 2.24) is 0 Å². The Kier molecular flexibility index (Phi) is 4.59. The summed E-state index contributed by atoms with van der Waals surface area (Å²) in [7, 11) is 0. The highest BCUT2D eigenvalue weighted by Gasteiger charge is 2.11. The maximum Gasteiger partial charge on any atom is 0.119 e. The fraction of sp³-hybridized carbons (Fsp3) is 0.188. The Bertz CT molecular complexity index is 603. The highest BCUT2D eigenvalue weighted by Crippen LogP contribution is 2.21. The van der Waals surface area contributed by atoms with E-state index in [4.69, 9.17) is 15.7 Å². The van der Waals surface area contributed by atoms with Crippen molar-refractivity contribution in [2.75, 3.05) is 12.3 Å². The van der Waals surface area contributed by atoms with Gasteiger partial charge in [0.1, 0.15) is 18.5 Å². The molecule has 1 atom stereocenters. The summed E-state index contributed by atoms with van der Waals surface area (Å²) in [6, 6.07) is 16.5. The molecule has 1 unspecified atom stereocenters. The zero-order chi connectivity index (χ0) is 14.4. The summed E-state index contributed by atoms with van der Waals surface area (Å²) in [5.74, 6) is 0.653. The topological polar surface area (TPSA) is 79.3 Å². The number of anilines is 1. The third kappa shape index (κ3) is 3.50. The summed E-state index contributed by atoms with van der Waals surface area (Å²) in [5.41, 5.74) is 7.94. The molecule has 20 heavy (non-hydrogen) atoms. The molecule has 2 aromatic carbocycles. The van der Waals surface area contributed by atoms with Crippen LogP contribution in [0.2, 0.25) is 0 Å². The first-order valence-electron chi connectivity index (χ1n) is 6.32. The zero-order valence-corrected chi connectivity index (χ0v) is 11.0. The molecule has 0 aliphatic rings. The average Bonchev–Trinajstić information content (AvgIpc) is 2.47. The van der Waals surface area contributed by atoms with Crippen LogP contribution in [0, 0.1) is 11.3 Å². The predicted octanol–water partition coefficient (Wildman–Crippen LogP) is 2.45. The number of nitriles is 1. The number of nitrogens with two attached hydrogens (primary N) is 1. The molecule has 102 valence electrons. The van der Waals surface area contributed by atoms with Gasteiger partial charge in [0.25, 0.3) is 0 Å². The minimum Gasteiger partial charge on any atom is -0.491 e. The summed E-state index contributed by atoms with van der Waals surface area (Å²) in [6.07, 6.45) is -0.390. The van der Waals surface area contributed by atoms with Gasteiger partial charge in [0.15, 0.2) is 0 Å². The molecule has 4 nitrogen and oxygen atoms in total. The number of para-hydroxylation sites is 1. The molecule has 0 aliphatic heterocycles. The molecule has 2 rings (SSSR count). The van der Waals surface area contributed by atoms with Gasteiger partial charge in [0.2, 0.25) is 0 Å². The number of ether oxygens (including phenoxy) is 1. The Labute approximate surface area is 118 Å². The van der Waals surface area contributed by atoms with Crippen molar-refractivity contribution >= 4 is 5.69 Å². The number of rotatable bonds is 5. The second-order valence-corrected chi connectivity index (χ2v) is 4.43. The van der Waals surface area contributed by atoms with Crippen molar-refractivity contribution in [3.63, 3.8) is 0 Å². The molecule has 0 heterocycles. The molecule has 0 radical (unpaired) electrons. The van der Waals surface area contributed by atoms with Gasteiger partial charge in [-0.2, -0.15) is 5.26 Å². The zero-order valence-electron chi connectivity index (χ0n) is 11.0. The van der Waals surface area contributed by atoms with Crippen LogP contribution in [0.25, 0.3) is 0 Å². The minimum absolute atomic E-state index is 0.131. The number of aliphatic hydroxyl groups is 1. The van der Waals surface area contributed by atoms with Crippen molar-refractivity contribution in [1.29, 1.82) is 5.26 Å². The lowest BCUT2D eigenvalue weighted by atomic mass is 10.1. The van der Waals surface area contributed by atoms with Crippen molar-refractivity contribution in [2.24, 2.45) is 0 Å². The summed E-state index contributed by atoms with van der Waals surface area (Å²) in [4.78, 5) is 0. The van der Waals surface area contributed by atoms with Crippen LogP contribution in [-0.2, 0) is 6.42 Å². The van der Waals surface area contributed by atoms with Crippen LogP contribution in [0.15, 0.2) is 48.5 Å². The highest BCUT2D eigenvalue weighted by atomic mass is 16.5. The summed E-state index contributed by atoms with van der Waals surface area (Å²) < 4.78 is 5.52. The molecular formula is C16H16N2O2. The molecule has 0 amide bonds. The number of nitrogens with zero attached hydrogens (tertiary/aromatic N) is 1. The first-order chi connectivity index (χ1) is 9.70. The van der Waals surface area contributed by atoms with Crippen LogP contribution in [0.5, 0.6) is 5.75 Å². The predicted molar refractivity (Wildman–Crippen MR) is 77.1 cm³/mol. The lowest BCUT2D eigenvalue weighted by Crippen LogP contribution is -2.11. The van der Waals surface area contributed by atoms with Gasteiger partial charge in [-0.05, 0) is 23.8 Å². The van der Waals surface area contributed by atoms with Gasteiger partial charge in [-0.1, -0.05) is 30.3 Å². The lowest BCUT2D eigenvalue weighted by molar-refractivity contribution is 0.109. The van der Waals surface area contributed by atoms with E-state index in [2.05, 4.69) is 6.07 Å². The fourth-order valence-corrected chi connectivity index (χ4v) is 1.87. The number of hydrogen-bond acceptors (Lipinski definition) is 4. The van der Waals surface area contributed by atoms with Gasteiger partial charge in [-0.25, -0.2) is 0 Å². The number of benzene rings is 2. The van der Waals surface area contributed by atoms with E-state index in [-0.39, 0.29) is 6.61 Å². The van der Waals surface area contributed by atoms with Crippen LogP contribution < -0.4 is 10.5 Å². The van der Waals surface area contributed by atoms with E-state index in [1.165, 1.54) is 0 Å². The maximum absolute atomic E-state index is 10.1. The smallest absolute Gasteiger partial charge is 0.119 e. The van der Waals surface area contributed by atoms with Crippen molar-refractivity contribution in [3.8, 4) is 11.8 Å². The Balaban J connectivity index is 1.95. The van der Waals surface area contributed by atoms with Crippen molar-refractivity contribution < 1.29 is 9.84 Å². The van der Waals surface area contributed by atoms with Crippen molar-refractivity contribution in [3.05, 3.63) is 59.7 Å². The molecule has 0 aromatic heterocycles. The standard InChI is InChI=1S/C16H16N2O2/c17-10-9-12-5-7-13(8-6-12)20-11-16(19)14-3-1-2-4-15(14)18/h1-8,16,19H,9,11,18H2. The average molecular weight is 268 g/mol. The molecular weight excluding hydrogens is 252 g/mol. The normalized spacial score (nSPS) is 11.6. The fourth-order valence-electron chi connectivity index (χ4n) is 1.87. The van der Waals surface area contributed by atoms with Gasteiger partial charge in [0, 0.05) is 11.3 Å². The van der Waals surface area contributed by atoms with E-state index in [9.17, 15) is 5.11 Å². The molecule has 0 bridgehead atoms. The first kappa shape index (κ1) is 13.9. The molecule has 3 N–H and O–H groups in total. The third-order valence-electron chi connectivity index (χ3n) is 2.97. The quantitative estimate of drug-likeness (QED) is 0.816. The second-order valence-electron chi connectivity index (χ2n) is 4.43. The van der Waals surface area contributed by atoms with E-state index in [1.807, 2.05) is 24.3 Å². The lowest BCUT2D eigenvalue weighted by Gasteiger charge is -2.14. The van der Waals surface area contributed by atoms with Crippen LogP contribution >= 0.6 is 0 Å². The third-order valence-corrected chi connectivity index (χ3v) is 2.97. The summed E-state index contributed by atoms with van der Waals surface area (Å²) >= 11 is 0. The van der Waals surface area contributed by atoms with Gasteiger partial charge in [-0.3, -0.25) is 0 Å². The van der Waals surface area contributed by atoms with E-state index in [1.54, 1.807) is 24.3 Å². The molecule has 0 saturated carbocycles. The van der Waals surface area contributed by atoms with Gasteiger partial charge in [-0.15, -0.1) is 0 Å². The number of aliphatic hydroxyl groups excluding tert-OH is 1. The van der Waals surface area contributed by atoms with E-state index < -0.39 is 6.10 Å². The van der Waals surface area contributed by atoms with Crippen LogP contribution in [0.1, 0.15) is 17.2 Å². The van der Waals surface area contributed by atoms with Gasteiger partial charge < -0.3 is 15.6 Å². The molecule has 2 aromatic rings.